The molecule has 0 aliphatic rings. The predicted molar refractivity (Wildman–Crippen MR) is 67.6 cm³/mol. The minimum absolute atomic E-state index is 0.0887. The first-order valence-electron chi connectivity index (χ1n) is 5.76. The van der Waals surface area contributed by atoms with Crippen LogP contribution in [0.5, 0.6) is 0 Å². The van der Waals surface area contributed by atoms with E-state index in [-0.39, 0.29) is 12.5 Å². The summed E-state index contributed by atoms with van der Waals surface area (Å²) < 4.78 is 6.33. The van der Waals surface area contributed by atoms with Crippen molar-refractivity contribution in [2.24, 2.45) is 0 Å². The fourth-order valence-electron chi connectivity index (χ4n) is 1.59. The number of aromatic nitrogens is 3. The Morgan fingerprint density at radius 2 is 2.33 bits per heavy atom. The Hall–Kier alpha value is -2.11. The van der Waals surface area contributed by atoms with Crippen LogP contribution in [0, 0.1) is 0 Å². The molecule has 0 aliphatic carbocycles. The Bertz CT molecular complexity index is 562. The van der Waals surface area contributed by atoms with E-state index in [0.29, 0.717) is 11.7 Å². The molecule has 0 bridgehead atoms. The average molecular weight is 248 g/mol. The summed E-state index contributed by atoms with van der Waals surface area (Å²) in [5, 5.41) is 7.38. The molecule has 0 spiro atoms. The number of rotatable bonds is 4. The summed E-state index contributed by atoms with van der Waals surface area (Å²) in [4.78, 5) is 15.3. The maximum absolute atomic E-state index is 11.1. The first-order valence-corrected chi connectivity index (χ1v) is 5.76. The number of hydrogen-bond acceptors (Lipinski definition) is 5. The van der Waals surface area contributed by atoms with Crippen LogP contribution in [-0.4, -0.2) is 34.2 Å². The quantitative estimate of drug-likeness (QED) is 0.829. The number of anilines is 1. The lowest BCUT2D eigenvalue weighted by molar-refractivity contribution is -0.138. The molecule has 0 fully saturated rings. The summed E-state index contributed by atoms with van der Waals surface area (Å²) in [7, 11) is 1.35. The smallest absolute Gasteiger partial charge is 0.325 e. The molecule has 2 heterocycles. The molecule has 0 saturated heterocycles. The number of carbonyl (C=O) groups excluding carboxylic acids is 1. The molecule has 0 atom stereocenters. The van der Waals surface area contributed by atoms with Crippen molar-refractivity contribution in [1.82, 2.24) is 14.6 Å². The summed E-state index contributed by atoms with van der Waals surface area (Å²) in [6, 6.07) is 1.97. The first kappa shape index (κ1) is 12.3. The van der Waals surface area contributed by atoms with Gasteiger partial charge in [-0.3, -0.25) is 4.79 Å². The molecule has 0 aliphatic heterocycles. The summed E-state index contributed by atoms with van der Waals surface area (Å²) in [5.41, 5.74) is 1.84. The van der Waals surface area contributed by atoms with E-state index in [2.05, 4.69) is 34.0 Å². The number of nitrogens with zero attached hydrogens (tertiary/aromatic N) is 3. The van der Waals surface area contributed by atoms with Gasteiger partial charge in [0.1, 0.15) is 12.1 Å². The van der Waals surface area contributed by atoms with Crippen LogP contribution in [0.4, 0.5) is 5.82 Å². The summed E-state index contributed by atoms with van der Waals surface area (Å²) in [6.07, 6.45) is 3.42. The van der Waals surface area contributed by atoms with Crippen LogP contribution in [0.15, 0.2) is 18.5 Å². The highest BCUT2D eigenvalue weighted by atomic mass is 16.5. The lowest BCUT2D eigenvalue weighted by Gasteiger charge is -2.04. The van der Waals surface area contributed by atoms with Gasteiger partial charge >= 0.3 is 5.97 Å². The molecule has 0 aromatic carbocycles. The highest BCUT2D eigenvalue weighted by Gasteiger charge is 2.10. The van der Waals surface area contributed by atoms with Gasteiger partial charge in [0.2, 0.25) is 0 Å². The maximum Gasteiger partial charge on any atom is 0.325 e. The topological polar surface area (TPSA) is 68.5 Å². The van der Waals surface area contributed by atoms with Gasteiger partial charge in [0.25, 0.3) is 0 Å². The minimum Gasteiger partial charge on any atom is -0.468 e. The predicted octanol–water partition coefficient (Wildman–Crippen LogP) is 1.44. The van der Waals surface area contributed by atoms with Crippen molar-refractivity contribution in [1.29, 1.82) is 0 Å². The van der Waals surface area contributed by atoms with Crippen molar-refractivity contribution in [3.05, 3.63) is 24.2 Å². The second-order valence-corrected chi connectivity index (χ2v) is 4.26. The molecule has 96 valence electrons. The van der Waals surface area contributed by atoms with Crippen molar-refractivity contribution in [3.63, 3.8) is 0 Å². The number of hydrogen-bond donors (Lipinski definition) is 1. The van der Waals surface area contributed by atoms with Gasteiger partial charge in [0, 0.05) is 12.4 Å². The van der Waals surface area contributed by atoms with Crippen LogP contribution in [0.2, 0.25) is 0 Å². The van der Waals surface area contributed by atoms with Crippen molar-refractivity contribution >= 4 is 17.3 Å². The number of methoxy groups -OCH3 is 1. The van der Waals surface area contributed by atoms with Crippen LogP contribution < -0.4 is 5.32 Å². The summed E-state index contributed by atoms with van der Waals surface area (Å²) in [6.45, 7) is 4.25. The van der Waals surface area contributed by atoms with Gasteiger partial charge in [-0.05, 0) is 12.0 Å². The van der Waals surface area contributed by atoms with Crippen molar-refractivity contribution < 1.29 is 9.53 Å². The van der Waals surface area contributed by atoms with E-state index in [1.165, 1.54) is 7.11 Å². The Morgan fingerprint density at radius 1 is 1.56 bits per heavy atom. The SMILES string of the molecule is COC(=O)CNc1nccn2nc(C(C)C)cc12. The normalized spacial score (nSPS) is 10.9. The zero-order valence-electron chi connectivity index (χ0n) is 10.7. The van der Waals surface area contributed by atoms with E-state index in [4.69, 9.17) is 0 Å². The highest BCUT2D eigenvalue weighted by Crippen LogP contribution is 2.19. The summed E-state index contributed by atoms with van der Waals surface area (Å²) in [5.74, 6) is 0.642. The third-order valence-corrected chi connectivity index (χ3v) is 2.63. The van der Waals surface area contributed by atoms with Gasteiger partial charge < -0.3 is 10.1 Å². The highest BCUT2D eigenvalue weighted by molar-refractivity contribution is 5.77. The Labute approximate surface area is 105 Å². The average Bonchev–Trinajstić information content (AvgIpc) is 2.80. The van der Waals surface area contributed by atoms with Crippen LogP contribution in [0.3, 0.4) is 0 Å². The standard InChI is InChI=1S/C12H16N4O2/c1-8(2)9-6-10-12(14-7-11(17)18-3)13-4-5-16(10)15-9/h4-6,8H,7H2,1-3H3,(H,13,14). The molecular formula is C12H16N4O2. The Morgan fingerprint density at radius 3 is 3.00 bits per heavy atom. The molecule has 0 saturated carbocycles. The molecule has 6 nitrogen and oxygen atoms in total. The van der Waals surface area contributed by atoms with E-state index < -0.39 is 0 Å². The second kappa shape index (κ2) is 5.03. The fourth-order valence-corrected chi connectivity index (χ4v) is 1.59. The van der Waals surface area contributed by atoms with Gasteiger partial charge in [-0.25, -0.2) is 9.50 Å². The molecular weight excluding hydrogens is 232 g/mol. The van der Waals surface area contributed by atoms with Gasteiger partial charge in [-0.15, -0.1) is 0 Å². The first-order chi connectivity index (χ1) is 8.61. The maximum atomic E-state index is 11.1. The number of carbonyl (C=O) groups is 1. The number of ether oxygens (including phenoxy) is 1. The van der Waals surface area contributed by atoms with E-state index in [9.17, 15) is 4.79 Å². The molecule has 1 N–H and O–H groups in total. The fraction of sp³-hybridized carbons (Fsp3) is 0.417. The zero-order chi connectivity index (χ0) is 13.1. The van der Waals surface area contributed by atoms with Crippen molar-refractivity contribution in [2.45, 2.75) is 19.8 Å². The number of nitrogens with one attached hydrogen (secondary N) is 1. The third kappa shape index (κ3) is 2.42. The second-order valence-electron chi connectivity index (χ2n) is 4.26. The van der Waals surface area contributed by atoms with E-state index in [0.717, 1.165) is 11.2 Å². The summed E-state index contributed by atoms with van der Waals surface area (Å²) >= 11 is 0. The molecule has 0 amide bonds. The van der Waals surface area contributed by atoms with Crippen LogP contribution >= 0.6 is 0 Å². The van der Waals surface area contributed by atoms with Gasteiger partial charge in [0.05, 0.1) is 12.8 Å². The molecule has 0 radical (unpaired) electrons. The molecule has 2 rings (SSSR count). The van der Waals surface area contributed by atoms with Crippen molar-refractivity contribution in [3.8, 4) is 0 Å². The number of fused-ring (bicyclic) bond motifs is 1. The molecule has 18 heavy (non-hydrogen) atoms. The van der Waals surface area contributed by atoms with Gasteiger partial charge in [0.15, 0.2) is 5.82 Å². The van der Waals surface area contributed by atoms with Crippen LogP contribution in [0.1, 0.15) is 25.5 Å². The molecule has 2 aromatic heterocycles. The van der Waals surface area contributed by atoms with E-state index in [1.807, 2.05) is 6.07 Å². The van der Waals surface area contributed by atoms with Crippen LogP contribution in [0.25, 0.3) is 5.52 Å². The largest absolute Gasteiger partial charge is 0.468 e. The zero-order valence-corrected chi connectivity index (χ0v) is 10.7. The number of esters is 1. The lowest BCUT2D eigenvalue weighted by Crippen LogP contribution is -2.16. The molecule has 0 unspecified atom stereocenters. The Kier molecular flexibility index (Phi) is 3.45. The molecule has 6 heteroatoms. The van der Waals surface area contributed by atoms with E-state index >= 15 is 0 Å². The van der Waals surface area contributed by atoms with Gasteiger partial charge in [-0.2, -0.15) is 5.10 Å². The van der Waals surface area contributed by atoms with E-state index in [1.54, 1.807) is 16.9 Å². The van der Waals surface area contributed by atoms with Crippen molar-refractivity contribution in [2.75, 3.05) is 19.0 Å². The molecule has 2 aromatic rings. The van der Waals surface area contributed by atoms with Crippen LogP contribution in [-0.2, 0) is 9.53 Å². The third-order valence-electron chi connectivity index (χ3n) is 2.63. The monoisotopic (exact) mass is 248 g/mol. The Balaban J connectivity index is 2.30. The minimum atomic E-state index is -0.331. The van der Waals surface area contributed by atoms with Gasteiger partial charge in [-0.1, -0.05) is 13.8 Å². The lowest BCUT2D eigenvalue weighted by atomic mass is 10.1.